The van der Waals surface area contributed by atoms with Gasteiger partial charge < -0.3 is 15.0 Å². The lowest BCUT2D eigenvalue weighted by molar-refractivity contribution is 0.474. The van der Waals surface area contributed by atoms with E-state index < -0.39 is 5.82 Å². The average Bonchev–Trinajstić information content (AvgIpc) is 3.19. The number of piperidine rings is 1. The molecule has 0 amide bonds. The summed E-state index contributed by atoms with van der Waals surface area (Å²) in [7, 11) is 0. The molecule has 1 fully saturated rings. The summed E-state index contributed by atoms with van der Waals surface area (Å²) in [5.41, 5.74) is 0.409. The van der Waals surface area contributed by atoms with Crippen molar-refractivity contribution in [1.29, 1.82) is 0 Å². The van der Waals surface area contributed by atoms with E-state index in [1.54, 1.807) is 24.2 Å². The van der Waals surface area contributed by atoms with Crippen LogP contribution in [0.1, 0.15) is 12.8 Å². The maximum Gasteiger partial charge on any atom is 0.185 e. The number of halogens is 1. The van der Waals surface area contributed by atoms with Gasteiger partial charge in [-0.15, -0.1) is 10.2 Å². The van der Waals surface area contributed by atoms with Crippen molar-refractivity contribution in [2.24, 2.45) is 0 Å². The van der Waals surface area contributed by atoms with Crippen LogP contribution in [0.4, 0.5) is 4.39 Å². The summed E-state index contributed by atoms with van der Waals surface area (Å²) in [6.45, 7) is 2.01. The number of hydrogen-bond donors (Lipinski definition) is 2. The Hall–Kier alpha value is -2.52. The first-order valence-electron chi connectivity index (χ1n) is 8.29. The molecule has 0 bridgehead atoms. The number of nitrogens with one attached hydrogen (secondary N) is 1. The monoisotopic (exact) mass is 372 g/mol. The average molecular weight is 372 g/mol. The minimum Gasteiger partial charge on any atom is -0.507 e. The molecule has 0 saturated carbocycles. The van der Waals surface area contributed by atoms with Crippen LogP contribution in [0.15, 0.2) is 42.1 Å². The molecule has 2 N–H and O–H groups in total. The van der Waals surface area contributed by atoms with Crippen molar-refractivity contribution in [1.82, 2.24) is 30.0 Å². The van der Waals surface area contributed by atoms with Crippen LogP contribution in [0.5, 0.6) is 5.75 Å². The maximum atomic E-state index is 14.4. The van der Waals surface area contributed by atoms with E-state index in [0.717, 1.165) is 31.0 Å². The van der Waals surface area contributed by atoms with Gasteiger partial charge in [0.25, 0.3) is 0 Å². The smallest absolute Gasteiger partial charge is 0.185 e. The number of hydrogen-bond acceptors (Lipinski definition) is 7. The maximum absolute atomic E-state index is 14.4. The van der Waals surface area contributed by atoms with Crippen molar-refractivity contribution >= 4 is 11.8 Å². The first kappa shape index (κ1) is 16.9. The normalized spacial score (nSPS) is 15.3. The van der Waals surface area contributed by atoms with E-state index in [1.165, 1.54) is 29.2 Å². The Morgan fingerprint density at radius 3 is 2.77 bits per heavy atom. The topological polar surface area (TPSA) is 88.8 Å². The van der Waals surface area contributed by atoms with E-state index in [2.05, 4.69) is 25.5 Å². The molecule has 0 radical (unpaired) electrons. The Morgan fingerprint density at radius 2 is 2.08 bits per heavy atom. The standard InChI is InChI=1S/C17H17FN6OS/c18-13-7-12(15(25)8-14(13)24-6-5-20-10-24)17-21-9-16(22-23-17)26-11-1-3-19-4-2-11/h5-11,19,25H,1-4H2. The lowest BCUT2D eigenvalue weighted by atomic mass is 10.1. The molecule has 2 aromatic heterocycles. The van der Waals surface area contributed by atoms with Crippen LogP contribution < -0.4 is 5.32 Å². The van der Waals surface area contributed by atoms with Crippen LogP contribution in [0.2, 0.25) is 0 Å². The minimum atomic E-state index is -0.507. The zero-order valence-electron chi connectivity index (χ0n) is 13.8. The van der Waals surface area contributed by atoms with E-state index >= 15 is 0 Å². The van der Waals surface area contributed by atoms with E-state index in [9.17, 15) is 9.50 Å². The van der Waals surface area contributed by atoms with Crippen LogP contribution in [0, 0.1) is 5.82 Å². The summed E-state index contributed by atoms with van der Waals surface area (Å²) >= 11 is 1.65. The molecule has 0 aliphatic carbocycles. The number of phenolic OH excluding ortho intramolecular Hbond substituents is 1. The second-order valence-corrected chi connectivity index (χ2v) is 7.30. The third kappa shape index (κ3) is 3.54. The summed E-state index contributed by atoms with van der Waals surface area (Å²) in [6, 6.07) is 2.54. The Morgan fingerprint density at radius 1 is 1.23 bits per heavy atom. The third-order valence-corrected chi connectivity index (χ3v) is 5.44. The molecule has 3 aromatic rings. The van der Waals surface area contributed by atoms with Crippen molar-refractivity contribution in [2.75, 3.05) is 13.1 Å². The molecule has 0 atom stereocenters. The van der Waals surface area contributed by atoms with Crippen molar-refractivity contribution < 1.29 is 9.50 Å². The molecule has 1 aromatic carbocycles. The molecule has 26 heavy (non-hydrogen) atoms. The molecule has 3 heterocycles. The molecule has 1 saturated heterocycles. The highest BCUT2D eigenvalue weighted by atomic mass is 32.2. The molecule has 0 unspecified atom stereocenters. The van der Waals surface area contributed by atoms with Gasteiger partial charge in [-0.1, -0.05) is 11.8 Å². The lowest BCUT2D eigenvalue weighted by Crippen LogP contribution is -2.29. The number of benzene rings is 1. The van der Waals surface area contributed by atoms with Gasteiger partial charge in [-0.25, -0.2) is 14.4 Å². The largest absolute Gasteiger partial charge is 0.507 e. The quantitative estimate of drug-likeness (QED) is 0.727. The summed E-state index contributed by atoms with van der Waals surface area (Å²) < 4.78 is 15.9. The van der Waals surface area contributed by atoms with E-state index in [4.69, 9.17) is 0 Å². The molecular formula is C17H17FN6OS. The minimum absolute atomic E-state index is 0.115. The summed E-state index contributed by atoms with van der Waals surface area (Å²) in [5, 5.41) is 23.1. The van der Waals surface area contributed by atoms with Gasteiger partial charge in [0.2, 0.25) is 0 Å². The molecule has 7 nitrogen and oxygen atoms in total. The second kappa shape index (κ2) is 7.38. The van der Waals surface area contributed by atoms with Crippen molar-refractivity contribution in [3.63, 3.8) is 0 Å². The SMILES string of the molecule is Oc1cc(-n2ccnc2)c(F)cc1-c1ncc(SC2CCNCC2)nn1. The van der Waals surface area contributed by atoms with Crippen LogP contribution in [0.25, 0.3) is 17.1 Å². The Kier molecular flexibility index (Phi) is 4.81. The first-order valence-corrected chi connectivity index (χ1v) is 9.17. The van der Waals surface area contributed by atoms with Gasteiger partial charge >= 0.3 is 0 Å². The highest BCUT2D eigenvalue weighted by Crippen LogP contribution is 2.32. The second-order valence-electron chi connectivity index (χ2n) is 5.98. The fourth-order valence-corrected chi connectivity index (χ4v) is 3.87. The Bertz CT molecular complexity index is 881. The van der Waals surface area contributed by atoms with Gasteiger partial charge in [0.05, 0.1) is 23.8 Å². The molecule has 134 valence electrons. The van der Waals surface area contributed by atoms with Gasteiger partial charge in [-0.2, -0.15) is 0 Å². The van der Waals surface area contributed by atoms with E-state index in [1.807, 2.05) is 0 Å². The molecule has 1 aliphatic heterocycles. The Labute approximate surface area is 153 Å². The molecule has 1 aliphatic rings. The number of rotatable bonds is 4. The zero-order chi connectivity index (χ0) is 17.9. The zero-order valence-corrected chi connectivity index (χ0v) is 14.7. The van der Waals surface area contributed by atoms with Crippen LogP contribution in [-0.4, -0.2) is 48.2 Å². The van der Waals surface area contributed by atoms with Gasteiger partial charge in [0, 0.05) is 23.7 Å². The molecule has 4 rings (SSSR count). The fourth-order valence-electron chi connectivity index (χ4n) is 2.86. The number of thioether (sulfide) groups is 1. The van der Waals surface area contributed by atoms with Crippen LogP contribution >= 0.6 is 11.8 Å². The van der Waals surface area contributed by atoms with Crippen molar-refractivity contribution in [3.8, 4) is 22.8 Å². The summed E-state index contributed by atoms with van der Waals surface area (Å²) in [5.74, 6) is -0.434. The lowest BCUT2D eigenvalue weighted by Gasteiger charge is -2.21. The number of aromatic hydroxyl groups is 1. The fraction of sp³-hybridized carbons (Fsp3) is 0.294. The number of phenols is 1. The third-order valence-electron chi connectivity index (χ3n) is 4.20. The van der Waals surface area contributed by atoms with Crippen LogP contribution in [-0.2, 0) is 0 Å². The predicted molar refractivity (Wildman–Crippen MR) is 95.8 cm³/mol. The number of imidazole rings is 1. The van der Waals surface area contributed by atoms with Crippen molar-refractivity contribution in [3.05, 3.63) is 42.9 Å². The van der Waals surface area contributed by atoms with Gasteiger partial charge in [-0.3, -0.25) is 0 Å². The number of aromatic nitrogens is 5. The Balaban J connectivity index is 1.56. The van der Waals surface area contributed by atoms with Crippen molar-refractivity contribution in [2.45, 2.75) is 23.1 Å². The van der Waals surface area contributed by atoms with E-state index in [0.29, 0.717) is 5.25 Å². The number of nitrogens with zero attached hydrogens (tertiary/aromatic N) is 5. The predicted octanol–water partition coefficient (Wildman–Crippen LogP) is 2.41. The highest BCUT2D eigenvalue weighted by Gasteiger charge is 2.17. The van der Waals surface area contributed by atoms with Crippen LogP contribution in [0.3, 0.4) is 0 Å². The molecule has 0 spiro atoms. The van der Waals surface area contributed by atoms with E-state index in [-0.39, 0.29) is 22.8 Å². The summed E-state index contributed by atoms with van der Waals surface area (Å²) in [4.78, 5) is 8.13. The van der Waals surface area contributed by atoms with Gasteiger partial charge in [0.1, 0.15) is 16.6 Å². The first-order chi connectivity index (χ1) is 12.7. The van der Waals surface area contributed by atoms with Gasteiger partial charge in [-0.05, 0) is 32.0 Å². The molecule has 9 heteroatoms. The molecular weight excluding hydrogens is 355 g/mol. The highest BCUT2D eigenvalue weighted by molar-refractivity contribution is 7.99. The van der Waals surface area contributed by atoms with Gasteiger partial charge in [0.15, 0.2) is 5.82 Å². The summed E-state index contributed by atoms with van der Waals surface area (Å²) in [6.07, 6.45) is 8.38.